The van der Waals surface area contributed by atoms with Gasteiger partial charge in [0, 0.05) is 50.2 Å². The van der Waals surface area contributed by atoms with Crippen LogP contribution in [0.2, 0.25) is 0 Å². The molecule has 4 heterocycles. The van der Waals surface area contributed by atoms with Crippen LogP contribution in [0.15, 0.2) is 30.6 Å². The molecule has 1 atom stereocenters. The SMILES string of the molecule is Cn1cc2c(n1)C(=O)N(C1CC1)CCNc1ccc(F)cc1[C@H]1CCCN1c1nc-2cnc1N. The highest BCUT2D eigenvalue weighted by Crippen LogP contribution is 2.41. The Labute approximate surface area is 196 Å². The number of hydrogen-bond acceptors (Lipinski definition) is 7. The number of aromatic nitrogens is 4. The molecule has 2 aliphatic heterocycles. The fraction of sp³-hybridized carbons (Fsp3) is 0.417. The predicted octanol–water partition coefficient (Wildman–Crippen LogP) is 2.97. The highest BCUT2D eigenvalue weighted by atomic mass is 19.1. The maximum absolute atomic E-state index is 14.4. The van der Waals surface area contributed by atoms with E-state index in [1.807, 2.05) is 4.90 Å². The number of nitrogens with zero attached hydrogens (tertiary/aromatic N) is 6. The van der Waals surface area contributed by atoms with Crippen molar-refractivity contribution >= 4 is 23.2 Å². The van der Waals surface area contributed by atoms with Gasteiger partial charge < -0.3 is 20.9 Å². The zero-order valence-electron chi connectivity index (χ0n) is 19.0. The second-order valence-corrected chi connectivity index (χ2v) is 9.27. The summed E-state index contributed by atoms with van der Waals surface area (Å²) in [6.45, 7) is 1.82. The van der Waals surface area contributed by atoms with E-state index in [2.05, 4.69) is 20.3 Å². The van der Waals surface area contributed by atoms with Gasteiger partial charge in [-0.1, -0.05) is 0 Å². The van der Waals surface area contributed by atoms with E-state index >= 15 is 0 Å². The van der Waals surface area contributed by atoms with Crippen molar-refractivity contribution in [2.24, 2.45) is 7.05 Å². The summed E-state index contributed by atoms with van der Waals surface area (Å²) in [4.78, 5) is 26.9. The number of aryl methyl sites for hydroxylation is 1. The summed E-state index contributed by atoms with van der Waals surface area (Å²) in [5.41, 5.74) is 9.59. The molecule has 6 rings (SSSR count). The first kappa shape index (κ1) is 20.9. The molecular formula is C24H27FN8O. The Balaban J connectivity index is 1.53. The number of nitrogens with two attached hydrogens (primary N) is 1. The number of anilines is 3. The lowest BCUT2D eigenvalue weighted by atomic mass is 10.0. The van der Waals surface area contributed by atoms with Gasteiger partial charge in [0.25, 0.3) is 5.91 Å². The van der Waals surface area contributed by atoms with E-state index in [1.54, 1.807) is 36.3 Å². The molecule has 1 amide bonds. The molecule has 1 saturated carbocycles. The van der Waals surface area contributed by atoms with Crippen LogP contribution in [0, 0.1) is 5.82 Å². The van der Waals surface area contributed by atoms with Gasteiger partial charge >= 0.3 is 0 Å². The van der Waals surface area contributed by atoms with Gasteiger partial charge in [0.2, 0.25) is 0 Å². The van der Waals surface area contributed by atoms with Crippen LogP contribution in [-0.2, 0) is 7.05 Å². The van der Waals surface area contributed by atoms with E-state index in [4.69, 9.17) is 10.7 Å². The number of carbonyl (C=O) groups excluding carboxylic acids is 1. The molecule has 9 nitrogen and oxygen atoms in total. The van der Waals surface area contributed by atoms with Crippen LogP contribution >= 0.6 is 0 Å². The van der Waals surface area contributed by atoms with Crippen molar-refractivity contribution in [1.29, 1.82) is 0 Å². The fourth-order valence-corrected chi connectivity index (χ4v) is 5.16. The lowest BCUT2D eigenvalue weighted by Crippen LogP contribution is -2.37. The Morgan fingerprint density at radius 1 is 1.18 bits per heavy atom. The van der Waals surface area contributed by atoms with Crippen molar-refractivity contribution in [2.45, 2.75) is 37.8 Å². The highest BCUT2D eigenvalue weighted by molar-refractivity contribution is 5.99. The molecule has 3 aromatic rings. The summed E-state index contributed by atoms with van der Waals surface area (Å²) in [6.07, 6.45) is 7.16. The van der Waals surface area contributed by atoms with Crippen LogP contribution in [0.3, 0.4) is 0 Å². The van der Waals surface area contributed by atoms with Crippen molar-refractivity contribution in [3.63, 3.8) is 0 Å². The third kappa shape index (κ3) is 3.53. The number of halogens is 1. The summed E-state index contributed by atoms with van der Waals surface area (Å²) in [7, 11) is 1.80. The fourth-order valence-electron chi connectivity index (χ4n) is 5.16. The molecule has 176 valence electrons. The summed E-state index contributed by atoms with van der Waals surface area (Å²) in [6, 6.07) is 4.96. The van der Waals surface area contributed by atoms with Crippen molar-refractivity contribution in [3.05, 3.63) is 47.7 Å². The normalized spacial score (nSPS) is 20.3. The number of fused-ring (bicyclic) bond motifs is 8. The second-order valence-electron chi connectivity index (χ2n) is 9.27. The zero-order valence-corrected chi connectivity index (χ0v) is 19.0. The number of nitrogens with one attached hydrogen (secondary N) is 1. The van der Waals surface area contributed by atoms with Gasteiger partial charge in [0.1, 0.15) is 5.82 Å². The monoisotopic (exact) mass is 462 g/mol. The average molecular weight is 463 g/mol. The van der Waals surface area contributed by atoms with E-state index in [0.717, 1.165) is 43.5 Å². The minimum Gasteiger partial charge on any atom is -0.383 e. The van der Waals surface area contributed by atoms with Crippen LogP contribution in [-0.4, -0.2) is 56.2 Å². The van der Waals surface area contributed by atoms with Crippen molar-refractivity contribution in [3.8, 4) is 11.3 Å². The van der Waals surface area contributed by atoms with E-state index in [1.165, 1.54) is 6.07 Å². The van der Waals surface area contributed by atoms with Crippen LogP contribution in [0.5, 0.6) is 0 Å². The lowest BCUT2D eigenvalue weighted by Gasteiger charge is -2.29. The minimum absolute atomic E-state index is 0.0810. The Hall–Kier alpha value is -3.69. The van der Waals surface area contributed by atoms with Crippen LogP contribution in [0.4, 0.5) is 21.7 Å². The lowest BCUT2D eigenvalue weighted by molar-refractivity contribution is 0.0744. The zero-order chi connectivity index (χ0) is 23.4. The van der Waals surface area contributed by atoms with E-state index in [0.29, 0.717) is 41.7 Å². The minimum atomic E-state index is -0.281. The average Bonchev–Trinajstić information content (AvgIpc) is 3.40. The summed E-state index contributed by atoms with van der Waals surface area (Å²) >= 11 is 0. The molecule has 2 fully saturated rings. The number of carbonyl (C=O) groups is 1. The van der Waals surface area contributed by atoms with Crippen LogP contribution in [0.1, 0.15) is 47.8 Å². The molecule has 0 unspecified atom stereocenters. The second kappa shape index (κ2) is 7.96. The summed E-state index contributed by atoms with van der Waals surface area (Å²) < 4.78 is 16.0. The first-order valence-corrected chi connectivity index (χ1v) is 11.8. The van der Waals surface area contributed by atoms with Crippen molar-refractivity contribution in [1.82, 2.24) is 24.6 Å². The molecule has 0 radical (unpaired) electrons. The Morgan fingerprint density at radius 2 is 2.03 bits per heavy atom. The summed E-state index contributed by atoms with van der Waals surface area (Å²) in [5, 5.41) is 7.96. The summed E-state index contributed by atoms with van der Waals surface area (Å²) in [5.74, 6) is 0.463. The molecule has 1 saturated heterocycles. The third-order valence-electron chi connectivity index (χ3n) is 6.90. The smallest absolute Gasteiger partial charge is 0.275 e. The van der Waals surface area contributed by atoms with Crippen LogP contribution < -0.4 is 16.0 Å². The number of rotatable bonds is 1. The standard InChI is InChI=1S/C24H27FN8O/c1-31-13-17-19-12-28-22(26)23(29-19)33-9-2-3-20(33)16-11-14(25)4-7-18(16)27-8-10-32(15-5-6-15)24(34)21(17)30-31/h4,7,11-13,15,20,27H,2-3,5-6,8-10H2,1H3,(H2,26,28)/t20-/m1/s1. The Kier molecular flexibility index (Phi) is 4.89. The Bertz CT molecular complexity index is 1270. The van der Waals surface area contributed by atoms with Crippen LogP contribution in [0.25, 0.3) is 11.3 Å². The molecule has 1 aliphatic carbocycles. The Morgan fingerprint density at radius 3 is 2.85 bits per heavy atom. The molecule has 34 heavy (non-hydrogen) atoms. The first-order valence-electron chi connectivity index (χ1n) is 11.8. The van der Waals surface area contributed by atoms with E-state index in [-0.39, 0.29) is 23.8 Å². The number of amides is 1. The highest BCUT2D eigenvalue weighted by Gasteiger charge is 2.36. The quantitative estimate of drug-likeness (QED) is 0.573. The van der Waals surface area contributed by atoms with Gasteiger partial charge in [0.15, 0.2) is 17.3 Å². The van der Waals surface area contributed by atoms with Gasteiger partial charge in [-0.25, -0.2) is 14.4 Å². The molecule has 10 heteroatoms. The number of hydrogen-bond donors (Lipinski definition) is 2. The van der Waals surface area contributed by atoms with Gasteiger partial charge in [-0.3, -0.25) is 9.48 Å². The topological polar surface area (TPSA) is 105 Å². The molecular weight excluding hydrogens is 435 g/mol. The largest absolute Gasteiger partial charge is 0.383 e. The molecule has 1 aromatic carbocycles. The maximum Gasteiger partial charge on any atom is 0.275 e. The maximum atomic E-state index is 14.4. The third-order valence-corrected chi connectivity index (χ3v) is 6.90. The predicted molar refractivity (Wildman–Crippen MR) is 127 cm³/mol. The molecule has 3 N–H and O–H groups in total. The molecule has 3 aliphatic rings. The number of nitrogen functional groups attached to an aromatic ring is 1. The van der Waals surface area contributed by atoms with Gasteiger partial charge in [-0.15, -0.1) is 0 Å². The molecule has 2 bridgehead atoms. The van der Waals surface area contributed by atoms with E-state index < -0.39 is 0 Å². The van der Waals surface area contributed by atoms with Gasteiger partial charge in [-0.05, 0) is 43.9 Å². The molecule has 0 spiro atoms. The van der Waals surface area contributed by atoms with Crippen molar-refractivity contribution < 1.29 is 9.18 Å². The van der Waals surface area contributed by atoms with Gasteiger partial charge in [0.05, 0.1) is 23.5 Å². The number of benzene rings is 1. The van der Waals surface area contributed by atoms with Crippen molar-refractivity contribution in [2.75, 3.05) is 35.6 Å². The first-order chi connectivity index (χ1) is 16.5. The van der Waals surface area contributed by atoms with Gasteiger partial charge in [-0.2, -0.15) is 5.10 Å². The molecule has 2 aromatic heterocycles. The van der Waals surface area contributed by atoms with E-state index in [9.17, 15) is 9.18 Å².